The van der Waals surface area contributed by atoms with Gasteiger partial charge in [0.2, 0.25) is 5.82 Å². The van der Waals surface area contributed by atoms with Crippen molar-refractivity contribution in [2.45, 2.75) is 13.5 Å². The monoisotopic (exact) mass is 445 g/mol. The van der Waals surface area contributed by atoms with Gasteiger partial charge in [-0.25, -0.2) is 4.98 Å². The molecule has 0 amide bonds. The number of hydrogen-bond acceptors (Lipinski definition) is 7. The van der Waals surface area contributed by atoms with E-state index in [9.17, 15) is 0 Å². The summed E-state index contributed by atoms with van der Waals surface area (Å²) in [7, 11) is 3.14. The Hall–Kier alpha value is -3.03. The Balaban J connectivity index is 1.61. The highest BCUT2D eigenvalue weighted by molar-refractivity contribution is 6.39. The van der Waals surface area contributed by atoms with Gasteiger partial charge in [-0.1, -0.05) is 28.4 Å². The summed E-state index contributed by atoms with van der Waals surface area (Å²) in [5.74, 6) is 2.27. The van der Waals surface area contributed by atoms with Gasteiger partial charge in [0.15, 0.2) is 12.4 Å². The van der Waals surface area contributed by atoms with E-state index >= 15 is 0 Å². The Morgan fingerprint density at radius 3 is 2.57 bits per heavy atom. The van der Waals surface area contributed by atoms with E-state index in [-0.39, 0.29) is 12.5 Å². The number of aromatic nitrogens is 3. The van der Waals surface area contributed by atoms with Gasteiger partial charge in [0, 0.05) is 17.1 Å². The lowest BCUT2D eigenvalue weighted by Crippen LogP contribution is -1.99. The number of fused-ring (bicyclic) bond motifs is 1. The van der Waals surface area contributed by atoms with Crippen LogP contribution in [0.5, 0.6) is 17.2 Å². The van der Waals surface area contributed by atoms with Gasteiger partial charge in [-0.05, 0) is 37.3 Å². The normalized spacial score (nSPS) is 11.0. The minimum Gasteiger partial charge on any atom is -0.497 e. The van der Waals surface area contributed by atoms with Crippen LogP contribution in [-0.4, -0.2) is 29.3 Å². The standard InChI is InChI=1S/C21H17Cl2N3O4/c1-11-4-6-13-15(22)9-16(23)20(19(13)24-11)29-10-18-25-21(26-30-18)14-7-5-12(27-2)8-17(14)28-3/h4-9H,10H2,1-3H3. The Morgan fingerprint density at radius 1 is 0.967 bits per heavy atom. The lowest BCUT2D eigenvalue weighted by atomic mass is 10.2. The van der Waals surface area contributed by atoms with E-state index in [4.69, 9.17) is 41.9 Å². The van der Waals surface area contributed by atoms with Gasteiger partial charge in [0.05, 0.1) is 29.8 Å². The summed E-state index contributed by atoms with van der Waals surface area (Å²) in [5, 5.41) is 5.62. The molecule has 2 aromatic heterocycles. The molecule has 0 aliphatic rings. The lowest BCUT2D eigenvalue weighted by molar-refractivity contribution is 0.245. The van der Waals surface area contributed by atoms with Crippen molar-refractivity contribution in [3.63, 3.8) is 0 Å². The topological polar surface area (TPSA) is 79.5 Å². The molecule has 0 saturated carbocycles. The number of nitrogens with zero attached hydrogens (tertiary/aromatic N) is 3. The van der Waals surface area contributed by atoms with E-state index in [1.807, 2.05) is 19.1 Å². The number of benzene rings is 2. The Kier molecular flexibility index (Phi) is 5.65. The first-order valence-corrected chi connectivity index (χ1v) is 9.69. The maximum absolute atomic E-state index is 6.35. The van der Waals surface area contributed by atoms with Gasteiger partial charge in [-0.2, -0.15) is 4.98 Å². The van der Waals surface area contributed by atoms with Crippen LogP contribution in [0.1, 0.15) is 11.6 Å². The number of aryl methyl sites for hydroxylation is 1. The number of halogens is 2. The molecule has 9 heteroatoms. The molecule has 0 radical (unpaired) electrons. The van der Waals surface area contributed by atoms with E-state index in [0.29, 0.717) is 44.2 Å². The SMILES string of the molecule is COc1ccc(-c2noc(COc3c(Cl)cc(Cl)c4ccc(C)nc34)n2)c(OC)c1. The van der Waals surface area contributed by atoms with E-state index < -0.39 is 0 Å². The summed E-state index contributed by atoms with van der Waals surface area (Å²) in [5.41, 5.74) is 2.06. The largest absolute Gasteiger partial charge is 0.497 e. The fourth-order valence-electron chi connectivity index (χ4n) is 2.97. The van der Waals surface area contributed by atoms with Gasteiger partial charge in [0.25, 0.3) is 5.89 Å². The zero-order chi connectivity index (χ0) is 21.3. The summed E-state index contributed by atoms with van der Waals surface area (Å²) in [6, 6.07) is 10.7. The first kappa shape index (κ1) is 20.3. The molecule has 30 heavy (non-hydrogen) atoms. The Bertz CT molecular complexity index is 1230. The first-order valence-electron chi connectivity index (χ1n) is 8.93. The molecular formula is C21H17Cl2N3O4. The maximum atomic E-state index is 6.35. The summed E-state index contributed by atoms with van der Waals surface area (Å²) < 4.78 is 21.8. The Labute approximate surface area is 182 Å². The number of pyridine rings is 1. The molecule has 0 spiro atoms. The molecule has 2 aromatic carbocycles. The number of ether oxygens (including phenoxy) is 3. The number of hydrogen-bond donors (Lipinski definition) is 0. The molecule has 0 aliphatic heterocycles. The molecule has 0 unspecified atom stereocenters. The smallest absolute Gasteiger partial charge is 0.264 e. The molecule has 2 heterocycles. The third kappa shape index (κ3) is 3.86. The van der Waals surface area contributed by atoms with E-state index in [2.05, 4.69) is 15.1 Å². The number of rotatable bonds is 6. The van der Waals surface area contributed by atoms with Crippen molar-refractivity contribution in [2.75, 3.05) is 14.2 Å². The summed E-state index contributed by atoms with van der Waals surface area (Å²) in [6.45, 7) is 1.89. The maximum Gasteiger partial charge on any atom is 0.264 e. The summed E-state index contributed by atoms with van der Waals surface area (Å²) in [4.78, 5) is 8.90. The van der Waals surface area contributed by atoms with Crippen LogP contribution in [0.3, 0.4) is 0 Å². The fourth-order valence-corrected chi connectivity index (χ4v) is 3.54. The van der Waals surface area contributed by atoms with Crippen LogP contribution in [0.2, 0.25) is 10.0 Å². The third-order valence-corrected chi connectivity index (χ3v) is 5.03. The highest BCUT2D eigenvalue weighted by Crippen LogP contribution is 2.38. The highest BCUT2D eigenvalue weighted by Gasteiger charge is 2.17. The molecule has 0 saturated heterocycles. The molecule has 7 nitrogen and oxygen atoms in total. The third-order valence-electron chi connectivity index (χ3n) is 4.43. The van der Waals surface area contributed by atoms with Crippen LogP contribution < -0.4 is 14.2 Å². The molecule has 0 bridgehead atoms. The van der Waals surface area contributed by atoms with Gasteiger partial charge in [-0.15, -0.1) is 0 Å². The van der Waals surface area contributed by atoms with Crippen molar-refractivity contribution < 1.29 is 18.7 Å². The quantitative estimate of drug-likeness (QED) is 0.387. The van der Waals surface area contributed by atoms with Gasteiger partial charge in [0.1, 0.15) is 17.0 Å². The molecule has 4 aromatic rings. The average Bonchev–Trinajstić information content (AvgIpc) is 3.21. The van der Waals surface area contributed by atoms with Crippen molar-refractivity contribution >= 4 is 34.1 Å². The molecule has 0 aliphatic carbocycles. The number of methoxy groups -OCH3 is 2. The van der Waals surface area contributed by atoms with Crippen LogP contribution in [0, 0.1) is 6.92 Å². The van der Waals surface area contributed by atoms with Crippen molar-refractivity contribution in [1.82, 2.24) is 15.1 Å². The molecule has 154 valence electrons. The summed E-state index contributed by atoms with van der Waals surface area (Å²) >= 11 is 12.6. The molecule has 0 N–H and O–H groups in total. The van der Waals surface area contributed by atoms with Gasteiger partial charge >= 0.3 is 0 Å². The van der Waals surface area contributed by atoms with Crippen LogP contribution in [0.4, 0.5) is 0 Å². The van der Waals surface area contributed by atoms with Crippen LogP contribution in [0.15, 0.2) is 40.9 Å². The second kappa shape index (κ2) is 8.38. The van der Waals surface area contributed by atoms with Crippen molar-refractivity contribution in [2.24, 2.45) is 0 Å². The molecular weight excluding hydrogens is 429 g/mol. The fraction of sp³-hybridized carbons (Fsp3) is 0.190. The average molecular weight is 446 g/mol. The second-order valence-corrected chi connectivity index (χ2v) is 7.20. The van der Waals surface area contributed by atoms with E-state index in [1.165, 1.54) is 0 Å². The van der Waals surface area contributed by atoms with E-state index in [1.54, 1.807) is 38.5 Å². The van der Waals surface area contributed by atoms with Gasteiger partial charge in [-0.3, -0.25) is 0 Å². The molecule has 0 fully saturated rings. The van der Waals surface area contributed by atoms with Crippen LogP contribution >= 0.6 is 23.2 Å². The Morgan fingerprint density at radius 2 is 1.80 bits per heavy atom. The predicted octanol–water partition coefficient (Wildman–Crippen LogP) is 5.50. The first-order chi connectivity index (χ1) is 14.5. The zero-order valence-corrected chi connectivity index (χ0v) is 17.9. The zero-order valence-electron chi connectivity index (χ0n) is 16.4. The van der Waals surface area contributed by atoms with Crippen LogP contribution in [-0.2, 0) is 6.61 Å². The summed E-state index contributed by atoms with van der Waals surface area (Å²) in [6.07, 6.45) is 0. The van der Waals surface area contributed by atoms with Crippen LogP contribution in [0.25, 0.3) is 22.3 Å². The minimum atomic E-state index is 0.0115. The van der Waals surface area contributed by atoms with Crippen molar-refractivity contribution in [1.29, 1.82) is 0 Å². The van der Waals surface area contributed by atoms with Crippen molar-refractivity contribution in [3.05, 3.63) is 58.0 Å². The molecule has 4 rings (SSSR count). The van der Waals surface area contributed by atoms with Gasteiger partial charge < -0.3 is 18.7 Å². The van der Waals surface area contributed by atoms with Crippen molar-refractivity contribution in [3.8, 4) is 28.6 Å². The minimum absolute atomic E-state index is 0.0115. The molecule has 0 atom stereocenters. The predicted molar refractivity (Wildman–Crippen MR) is 114 cm³/mol. The lowest BCUT2D eigenvalue weighted by Gasteiger charge is -2.11. The highest BCUT2D eigenvalue weighted by atomic mass is 35.5. The second-order valence-electron chi connectivity index (χ2n) is 6.38. The van der Waals surface area contributed by atoms with E-state index in [0.717, 1.165) is 11.1 Å².